The summed E-state index contributed by atoms with van der Waals surface area (Å²) in [4.78, 5) is 26.6. The smallest absolute Gasteiger partial charge is 0.272 e. The van der Waals surface area contributed by atoms with Gasteiger partial charge in [-0.2, -0.15) is 0 Å². The third kappa shape index (κ3) is 5.75. The monoisotopic (exact) mass is 488 g/mol. The highest BCUT2D eigenvalue weighted by molar-refractivity contribution is 6.30. The number of ether oxygens (including phenoxy) is 1. The number of anilines is 4. The average Bonchev–Trinajstić information content (AvgIpc) is 2.85. The van der Waals surface area contributed by atoms with Gasteiger partial charge < -0.3 is 15.0 Å². The van der Waals surface area contributed by atoms with E-state index in [-0.39, 0.29) is 17.4 Å². The molecule has 0 fully saturated rings. The van der Waals surface area contributed by atoms with Crippen LogP contribution in [0.3, 0.4) is 0 Å². The Hall–Kier alpha value is -3.57. The van der Waals surface area contributed by atoms with Gasteiger partial charge in [0.2, 0.25) is 0 Å². The molecule has 0 spiro atoms. The molecule has 0 aliphatic heterocycles. The molecule has 0 heterocycles. The van der Waals surface area contributed by atoms with Gasteiger partial charge in [-0.1, -0.05) is 54.9 Å². The molecule has 0 radical (unpaired) electrons. The van der Waals surface area contributed by atoms with Crippen molar-refractivity contribution in [2.75, 3.05) is 16.8 Å². The lowest BCUT2D eigenvalue weighted by Gasteiger charge is -2.29. The van der Waals surface area contributed by atoms with Crippen molar-refractivity contribution < 1.29 is 4.74 Å². The van der Waals surface area contributed by atoms with E-state index in [1.54, 1.807) is 0 Å². The maximum Gasteiger partial charge on any atom is 0.272 e. The van der Waals surface area contributed by atoms with E-state index < -0.39 is 16.5 Å². The molecule has 1 unspecified atom stereocenters. The van der Waals surface area contributed by atoms with Crippen LogP contribution in [-0.4, -0.2) is 12.1 Å². The highest BCUT2D eigenvalue weighted by Gasteiger charge is 2.27. The van der Waals surface area contributed by atoms with Crippen molar-refractivity contribution in [1.82, 2.24) is 0 Å². The maximum absolute atomic E-state index is 12.3. The molecule has 6 heteroatoms. The Morgan fingerprint density at radius 2 is 1.57 bits per heavy atom. The summed E-state index contributed by atoms with van der Waals surface area (Å²) >= 11 is 6.15. The Morgan fingerprint density at radius 3 is 2.23 bits per heavy atom. The quantitative estimate of drug-likeness (QED) is 0.276. The number of hydrogen-bond donors (Lipinski definition) is 1. The molecule has 0 aliphatic rings. The highest BCUT2D eigenvalue weighted by Crippen LogP contribution is 2.33. The molecule has 5 nitrogen and oxygen atoms in total. The summed E-state index contributed by atoms with van der Waals surface area (Å²) in [6.07, 6.45) is 0. The van der Waals surface area contributed by atoms with E-state index in [9.17, 15) is 9.59 Å². The molecule has 0 bridgehead atoms. The molecule has 4 rings (SSSR count). The van der Waals surface area contributed by atoms with Crippen LogP contribution < -0.4 is 25.8 Å². The van der Waals surface area contributed by atoms with E-state index in [1.165, 1.54) is 5.56 Å². The molecule has 0 saturated heterocycles. The number of rotatable bonds is 8. The predicted octanol–water partition coefficient (Wildman–Crippen LogP) is 6.80. The van der Waals surface area contributed by atoms with Crippen LogP contribution in [0.2, 0.25) is 5.02 Å². The molecule has 4 aromatic carbocycles. The van der Waals surface area contributed by atoms with Crippen LogP contribution in [0, 0.1) is 0 Å². The largest absolute Gasteiger partial charge is 0.482 e. The van der Waals surface area contributed by atoms with Gasteiger partial charge in [-0.3, -0.25) is 9.59 Å². The van der Waals surface area contributed by atoms with Gasteiger partial charge in [-0.05, 0) is 74.7 Å². The van der Waals surface area contributed by atoms with Crippen molar-refractivity contribution in [1.29, 1.82) is 0 Å². The molecule has 0 aromatic heterocycles. The molecule has 0 saturated carbocycles. The van der Waals surface area contributed by atoms with Crippen LogP contribution in [0.1, 0.15) is 39.2 Å². The van der Waals surface area contributed by atoms with Crippen molar-refractivity contribution in [3.05, 3.63) is 110 Å². The lowest BCUT2D eigenvalue weighted by molar-refractivity contribution is 0.128. The summed E-state index contributed by atoms with van der Waals surface area (Å²) in [5.74, 6) is 0.337. The number of nitrogens with zero attached hydrogens (tertiary/aromatic N) is 1. The fraction of sp³-hybridized carbons (Fsp3) is 0.241. The van der Waals surface area contributed by atoms with Crippen molar-refractivity contribution in [3.8, 4) is 5.75 Å². The van der Waals surface area contributed by atoms with Gasteiger partial charge in [-0.25, -0.2) is 0 Å². The Bertz CT molecular complexity index is 1370. The lowest BCUT2D eigenvalue weighted by atomic mass is 10.00. The molecule has 0 amide bonds. The zero-order valence-electron chi connectivity index (χ0n) is 20.3. The van der Waals surface area contributed by atoms with Gasteiger partial charge in [0.05, 0.1) is 0 Å². The predicted molar refractivity (Wildman–Crippen MR) is 145 cm³/mol. The Kier molecular flexibility index (Phi) is 6.99. The van der Waals surface area contributed by atoms with Gasteiger partial charge in [0.1, 0.15) is 11.3 Å². The van der Waals surface area contributed by atoms with E-state index in [0.29, 0.717) is 10.7 Å². The molecule has 4 aromatic rings. The first kappa shape index (κ1) is 24.6. The number of benzene rings is 3. The van der Waals surface area contributed by atoms with Crippen LogP contribution in [0.5, 0.6) is 5.75 Å². The summed E-state index contributed by atoms with van der Waals surface area (Å²) in [7, 11) is 0. The minimum absolute atomic E-state index is 0.0835. The van der Waals surface area contributed by atoms with Gasteiger partial charge in [-0.15, -0.1) is 0 Å². The zero-order chi connectivity index (χ0) is 25.2. The Morgan fingerprint density at radius 1 is 0.886 bits per heavy atom. The average molecular weight is 489 g/mol. The summed E-state index contributed by atoms with van der Waals surface area (Å²) in [6, 6.07) is 25.9. The third-order valence-electron chi connectivity index (χ3n) is 5.67. The normalized spacial score (nSPS) is 12.4. The Balaban J connectivity index is 1.66. The van der Waals surface area contributed by atoms with Gasteiger partial charge in [0.25, 0.3) is 10.9 Å². The van der Waals surface area contributed by atoms with Crippen molar-refractivity contribution >= 4 is 34.4 Å². The maximum atomic E-state index is 12.3. The number of halogens is 1. The highest BCUT2D eigenvalue weighted by atomic mass is 35.5. The first-order chi connectivity index (χ1) is 16.6. The van der Waals surface area contributed by atoms with Crippen molar-refractivity contribution in [2.45, 2.75) is 39.2 Å². The van der Waals surface area contributed by atoms with E-state index >= 15 is 0 Å². The van der Waals surface area contributed by atoms with Crippen molar-refractivity contribution in [2.24, 2.45) is 0 Å². The SMILES string of the molecule is CC(CN(c1ccc(Cl)cc1)c1cccc(Nc2c(OC(C)(C)C)c(=O)c2=O)c1)c1ccccc1. The zero-order valence-corrected chi connectivity index (χ0v) is 21.1. The second kappa shape index (κ2) is 9.96. The van der Waals surface area contributed by atoms with Gasteiger partial charge in [0.15, 0.2) is 5.75 Å². The van der Waals surface area contributed by atoms with Gasteiger partial charge in [0, 0.05) is 28.6 Å². The topological polar surface area (TPSA) is 58.6 Å². The first-order valence-electron chi connectivity index (χ1n) is 11.6. The molecular weight excluding hydrogens is 460 g/mol. The van der Waals surface area contributed by atoms with E-state index in [2.05, 4.69) is 29.3 Å². The van der Waals surface area contributed by atoms with Crippen LogP contribution in [0.15, 0.2) is 88.5 Å². The molecule has 1 atom stereocenters. The van der Waals surface area contributed by atoms with Crippen LogP contribution in [0.25, 0.3) is 0 Å². The fourth-order valence-electron chi connectivity index (χ4n) is 3.93. The van der Waals surface area contributed by atoms with Crippen molar-refractivity contribution in [3.63, 3.8) is 0 Å². The second-order valence-corrected chi connectivity index (χ2v) is 10.1. The van der Waals surface area contributed by atoms with Crippen LogP contribution in [0.4, 0.5) is 22.7 Å². The molecule has 0 aliphatic carbocycles. The minimum Gasteiger partial charge on any atom is -0.482 e. The second-order valence-electron chi connectivity index (χ2n) is 9.65. The van der Waals surface area contributed by atoms with Crippen LogP contribution >= 0.6 is 11.6 Å². The number of hydrogen-bond acceptors (Lipinski definition) is 5. The molecule has 35 heavy (non-hydrogen) atoms. The minimum atomic E-state index is -0.599. The third-order valence-corrected chi connectivity index (χ3v) is 5.92. The summed E-state index contributed by atoms with van der Waals surface area (Å²) < 4.78 is 5.72. The molecular formula is C29H29ClN2O3. The standard InChI is InChI=1S/C29H29ClN2O3/c1-19(20-9-6-5-7-10-20)18-32(23-15-13-21(30)14-16-23)24-12-8-11-22(17-24)31-25-26(33)27(34)28(25)35-29(2,3)4/h5-17,19,31H,18H2,1-4H3. The first-order valence-corrected chi connectivity index (χ1v) is 12.0. The van der Waals surface area contributed by atoms with E-state index in [1.807, 2.05) is 87.5 Å². The summed E-state index contributed by atoms with van der Waals surface area (Å²) in [5, 5.41) is 3.78. The molecule has 180 valence electrons. The Labute approximate surface area is 210 Å². The summed E-state index contributed by atoms with van der Waals surface area (Å²) in [6.45, 7) is 8.44. The summed E-state index contributed by atoms with van der Waals surface area (Å²) in [5.41, 5.74) is 2.32. The van der Waals surface area contributed by atoms with E-state index in [4.69, 9.17) is 16.3 Å². The molecule has 1 N–H and O–H groups in total. The van der Waals surface area contributed by atoms with E-state index in [0.717, 1.165) is 17.9 Å². The van der Waals surface area contributed by atoms with Crippen LogP contribution in [-0.2, 0) is 0 Å². The number of nitrogens with one attached hydrogen (secondary N) is 1. The lowest BCUT2D eigenvalue weighted by Crippen LogP contribution is -2.39. The fourth-order valence-corrected chi connectivity index (χ4v) is 4.05. The van der Waals surface area contributed by atoms with Gasteiger partial charge >= 0.3 is 0 Å².